The van der Waals surface area contributed by atoms with Crippen LogP contribution >= 0.6 is 0 Å². The van der Waals surface area contributed by atoms with Gasteiger partial charge in [0.2, 0.25) is 5.91 Å². The summed E-state index contributed by atoms with van der Waals surface area (Å²) in [6, 6.07) is 7.51. The Morgan fingerprint density at radius 2 is 2.06 bits per heavy atom. The van der Waals surface area contributed by atoms with Crippen molar-refractivity contribution in [3.8, 4) is 0 Å². The van der Waals surface area contributed by atoms with Crippen LogP contribution in [0.1, 0.15) is 12.5 Å². The maximum atomic E-state index is 11.7. The van der Waals surface area contributed by atoms with E-state index in [1.165, 1.54) is 5.56 Å². The Labute approximate surface area is 96.6 Å². The molecule has 0 saturated carbocycles. The average molecular weight is 218 g/mol. The molecule has 16 heavy (non-hydrogen) atoms. The molecule has 0 aliphatic carbocycles. The Hall–Kier alpha value is -1.61. The molecule has 0 fully saturated rings. The van der Waals surface area contributed by atoms with E-state index < -0.39 is 0 Å². The first kappa shape index (κ1) is 12.5. The van der Waals surface area contributed by atoms with Gasteiger partial charge in [-0.05, 0) is 26.0 Å². The van der Waals surface area contributed by atoms with Crippen LogP contribution in [-0.2, 0) is 4.79 Å². The van der Waals surface area contributed by atoms with Crippen molar-refractivity contribution in [2.24, 2.45) is 0 Å². The number of carbonyl (C=O) groups excluding carboxylic acids is 1. The van der Waals surface area contributed by atoms with Crippen LogP contribution in [0, 0.1) is 6.92 Å². The van der Waals surface area contributed by atoms with Crippen molar-refractivity contribution in [3.63, 3.8) is 0 Å². The molecule has 86 valence electrons. The van der Waals surface area contributed by atoms with Crippen molar-refractivity contribution in [2.75, 3.05) is 11.9 Å². The summed E-state index contributed by atoms with van der Waals surface area (Å²) in [5.41, 5.74) is 2.00. The zero-order chi connectivity index (χ0) is 12.0. The summed E-state index contributed by atoms with van der Waals surface area (Å²) in [6.07, 6.45) is 1.73. The molecule has 1 aromatic carbocycles. The molecule has 0 radical (unpaired) electrons. The summed E-state index contributed by atoms with van der Waals surface area (Å²) < 4.78 is 0. The van der Waals surface area contributed by atoms with Gasteiger partial charge in [-0.2, -0.15) is 0 Å². The summed E-state index contributed by atoms with van der Waals surface area (Å²) in [4.78, 5) is 11.7. The number of amides is 1. The van der Waals surface area contributed by atoms with E-state index in [-0.39, 0.29) is 11.9 Å². The number of benzene rings is 1. The van der Waals surface area contributed by atoms with E-state index in [1.54, 1.807) is 6.08 Å². The number of aryl methyl sites for hydroxylation is 1. The van der Waals surface area contributed by atoms with Crippen LogP contribution in [0.5, 0.6) is 0 Å². The second-order valence-corrected chi connectivity index (χ2v) is 3.77. The molecule has 2 N–H and O–H groups in total. The SMILES string of the molecule is C=CCNC(C)C(=O)Nc1ccc(C)cc1. The molecule has 0 spiro atoms. The third-order valence-electron chi connectivity index (χ3n) is 2.28. The molecule has 1 aromatic rings. The van der Waals surface area contributed by atoms with E-state index in [4.69, 9.17) is 0 Å². The van der Waals surface area contributed by atoms with Crippen molar-refractivity contribution in [1.29, 1.82) is 0 Å². The van der Waals surface area contributed by atoms with Crippen LogP contribution in [0.4, 0.5) is 5.69 Å². The van der Waals surface area contributed by atoms with Gasteiger partial charge in [0, 0.05) is 12.2 Å². The van der Waals surface area contributed by atoms with Gasteiger partial charge >= 0.3 is 0 Å². The van der Waals surface area contributed by atoms with Crippen LogP contribution in [0.25, 0.3) is 0 Å². The highest BCUT2D eigenvalue weighted by molar-refractivity contribution is 5.94. The summed E-state index contributed by atoms with van der Waals surface area (Å²) in [6.45, 7) is 8.06. The molecule has 1 amide bonds. The van der Waals surface area contributed by atoms with E-state index in [0.717, 1.165) is 5.69 Å². The molecular formula is C13H18N2O. The molecule has 1 rings (SSSR count). The van der Waals surface area contributed by atoms with E-state index in [1.807, 2.05) is 38.1 Å². The van der Waals surface area contributed by atoms with Gasteiger partial charge in [0.25, 0.3) is 0 Å². The third-order valence-corrected chi connectivity index (χ3v) is 2.28. The molecule has 1 atom stereocenters. The highest BCUT2D eigenvalue weighted by Gasteiger charge is 2.10. The predicted octanol–water partition coefficient (Wildman–Crippen LogP) is 2.10. The second-order valence-electron chi connectivity index (χ2n) is 3.77. The minimum Gasteiger partial charge on any atom is -0.325 e. The standard InChI is InChI=1S/C13H18N2O/c1-4-9-14-11(3)13(16)15-12-7-5-10(2)6-8-12/h4-8,11,14H,1,9H2,2-3H3,(H,15,16). The lowest BCUT2D eigenvalue weighted by molar-refractivity contribution is -0.117. The van der Waals surface area contributed by atoms with Crippen molar-refractivity contribution in [2.45, 2.75) is 19.9 Å². The molecule has 3 heteroatoms. The van der Waals surface area contributed by atoms with Crippen LogP contribution < -0.4 is 10.6 Å². The van der Waals surface area contributed by atoms with Crippen LogP contribution in [0.15, 0.2) is 36.9 Å². The van der Waals surface area contributed by atoms with Gasteiger partial charge in [-0.15, -0.1) is 6.58 Å². The number of rotatable bonds is 5. The Morgan fingerprint density at radius 3 is 2.62 bits per heavy atom. The number of hydrogen-bond acceptors (Lipinski definition) is 2. The molecule has 0 aliphatic heterocycles. The predicted molar refractivity (Wildman–Crippen MR) is 67.5 cm³/mol. The molecule has 0 aromatic heterocycles. The van der Waals surface area contributed by atoms with E-state index >= 15 is 0 Å². The third kappa shape index (κ3) is 3.87. The highest BCUT2D eigenvalue weighted by Crippen LogP contribution is 2.08. The topological polar surface area (TPSA) is 41.1 Å². The molecule has 1 unspecified atom stereocenters. The lowest BCUT2D eigenvalue weighted by Gasteiger charge is -2.12. The van der Waals surface area contributed by atoms with Gasteiger partial charge in [-0.1, -0.05) is 23.8 Å². The molecule has 0 bridgehead atoms. The summed E-state index contributed by atoms with van der Waals surface area (Å²) >= 11 is 0. The van der Waals surface area contributed by atoms with E-state index in [2.05, 4.69) is 17.2 Å². The fourth-order valence-corrected chi connectivity index (χ4v) is 1.24. The number of anilines is 1. The highest BCUT2D eigenvalue weighted by atomic mass is 16.2. The van der Waals surface area contributed by atoms with Gasteiger partial charge in [0.05, 0.1) is 6.04 Å². The summed E-state index contributed by atoms with van der Waals surface area (Å²) in [5.74, 6) is -0.0364. The monoisotopic (exact) mass is 218 g/mol. The fourth-order valence-electron chi connectivity index (χ4n) is 1.24. The zero-order valence-corrected chi connectivity index (χ0v) is 9.79. The summed E-state index contributed by atoms with van der Waals surface area (Å²) in [5, 5.41) is 5.88. The smallest absolute Gasteiger partial charge is 0.241 e. The van der Waals surface area contributed by atoms with Crippen molar-refractivity contribution >= 4 is 11.6 Å². The molecule has 3 nitrogen and oxygen atoms in total. The van der Waals surface area contributed by atoms with Crippen molar-refractivity contribution in [3.05, 3.63) is 42.5 Å². The Balaban J connectivity index is 2.50. The normalized spacial score (nSPS) is 11.9. The number of carbonyl (C=O) groups is 1. The zero-order valence-electron chi connectivity index (χ0n) is 9.79. The Bertz CT molecular complexity index is 357. The minimum atomic E-state index is -0.223. The van der Waals surface area contributed by atoms with E-state index in [9.17, 15) is 4.79 Å². The van der Waals surface area contributed by atoms with Crippen LogP contribution in [0.2, 0.25) is 0 Å². The largest absolute Gasteiger partial charge is 0.325 e. The molecule has 0 aliphatic rings. The minimum absolute atomic E-state index is 0.0364. The van der Waals surface area contributed by atoms with Gasteiger partial charge in [-0.3, -0.25) is 4.79 Å². The number of hydrogen-bond donors (Lipinski definition) is 2. The maximum absolute atomic E-state index is 11.7. The second kappa shape index (κ2) is 6.08. The quantitative estimate of drug-likeness (QED) is 0.743. The molecule has 0 heterocycles. The van der Waals surface area contributed by atoms with Gasteiger partial charge in [-0.25, -0.2) is 0 Å². The molecule has 0 saturated heterocycles. The first-order chi connectivity index (χ1) is 7.63. The molecular weight excluding hydrogens is 200 g/mol. The van der Waals surface area contributed by atoms with Crippen LogP contribution in [0.3, 0.4) is 0 Å². The van der Waals surface area contributed by atoms with Gasteiger partial charge in [0.15, 0.2) is 0 Å². The Kier molecular flexibility index (Phi) is 4.73. The lowest BCUT2D eigenvalue weighted by atomic mass is 10.2. The van der Waals surface area contributed by atoms with E-state index in [0.29, 0.717) is 6.54 Å². The maximum Gasteiger partial charge on any atom is 0.241 e. The Morgan fingerprint density at radius 1 is 1.44 bits per heavy atom. The number of nitrogens with one attached hydrogen (secondary N) is 2. The first-order valence-corrected chi connectivity index (χ1v) is 5.35. The van der Waals surface area contributed by atoms with Crippen molar-refractivity contribution < 1.29 is 4.79 Å². The van der Waals surface area contributed by atoms with Gasteiger partial charge < -0.3 is 10.6 Å². The fraction of sp³-hybridized carbons (Fsp3) is 0.308. The lowest BCUT2D eigenvalue weighted by Crippen LogP contribution is -2.38. The van der Waals surface area contributed by atoms with Crippen molar-refractivity contribution in [1.82, 2.24) is 5.32 Å². The summed E-state index contributed by atoms with van der Waals surface area (Å²) in [7, 11) is 0. The van der Waals surface area contributed by atoms with Gasteiger partial charge in [0.1, 0.15) is 0 Å². The average Bonchev–Trinajstić information content (AvgIpc) is 2.29. The van der Waals surface area contributed by atoms with Crippen LogP contribution in [-0.4, -0.2) is 18.5 Å². The first-order valence-electron chi connectivity index (χ1n) is 5.35.